The SMILES string of the molecule is O=c1[nH]n(C(c2ccc(Cl)cc2Cl)c2c(O)[nH]c3ccccc23)c(=O)c2ccccc12. The summed E-state index contributed by atoms with van der Waals surface area (Å²) in [6, 6.07) is 17.8. The van der Waals surface area contributed by atoms with Crippen LogP contribution >= 0.6 is 23.2 Å². The molecule has 154 valence electrons. The third-order valence-corrected chi connectivity index (χ3v) is 5.92. The van der Waals surface area contributed by atoms with Gasteiger partial charge in [-0.2, -0.15) is 0 Å². The van der Waals surface area contributed by atoms with Crippen LogP contribution in [0.1, 0.15) is 17.2 Å². The largest absolute Gasteiger partial charge is 0.494 e. The third-order valence-electron chi connectivity index (χ3n) is 5.36. The molecule has 0 radical (unpaired) electrons. The fourth-order valence-corrected chi connectivity index (χ4v) is 4.48. The molecule has 5 aromatic rings. The molecule has 6 nitrogen and oxygen atoms in total. The van der Waals surface area contributed by atoms with E-state index in [0.717, 1.165) is 0 Å². The van der Waals surface area contributed by atoms with Gasteiger partial charge in [0.15, 0.2) is 5.88 Å². The van der Waals surface area contributed by atoms with Gasteiger partial charge in [0.25, 0.3) is 11.1 Å². The molecule has 2 aromatic heterocycles. The van der Waals surface area contributed by atoms with E-state index in [1.54, 1.807) is 42.5 Å². The number of para-hydroxylation sites is 1. The molecule has 0 aliphatic heterocycles. The second-order valence-corrected chi connectivity index (χ2v) is 8.01. The number of aromatic nitrogens is 3. The molecule has 0 saturated carbocycles. The second-order valence-electron chi connectivity index (χ2n) is 7.16. The maximum Gasteiger partial charge on any atom is 0.274 e. The van der Waals surface area contributed by atoms with Gasteiger partial charge in [0.05, 0.1) is 16.3 Å². The number of halogens is 2. The van der Waals surface area contributed by atoms with E-state index < -0.39 is 17.2 Å². The van der Waals surface area contributed by atoms with E-state index in [1.165, 1.54) is 4.68 Å². The normalized spacial score (nSPS) is 12.5. The van der Waals surface area contributed by atoms with Crippen molar-refractivity contribution in [1.29, 1.82) is 0 Å². The standard InChI is InChI=1S/C23H15Cl2N3O3/c24-12-9-10-15(17(25)11-12)20(19-16-7-3-4-8-18(16)26-22(19)30)28-23(31)14-6-2-1-5-13(14)21(29)27-28/h1-11,20,26,30H,(H,27,29). The summed E-state index contributed by atoms with van der Waals surface area (Å²) in [4.78, 5) is 29.2. The maximum absolute atomic E-state index is 13.4. The molecule has 0 bridgehead atoms. The van der Waals surface area contributed by atoms with E-state index >= 15 is 0 Å². The highest BCUT2D eigenvalue weighted by Gasteiger charge is 2.28. The van der Waals surface area contributed by atoms with Gasteiger partial charge >= 0.3 is 0 Å². The molecule has 8 heteroatoms. The van der Waals surface area contributed by atoms with E-state index in [1.807, 2.05) is 24.3 Å². The molecule has 0 spiro atoms. The zero-order valence-electron chi connectivity index (χ0n) is 15.9. The molecule has 5 rings (SSSR count). The van der Waals surface area contributed by atoms with Crippen molar-refractivity contribution in [3.8, 4) is 5.88 Å². The molecule has 3 N–H and O–H groups in total. The fourth-order valence-electron chi connectivity index (χ4n) is 3.97. The summed E-state index contributed by atoms with van der Waals surface area (Å²) in [6.45, 7) is 0. The number of aromatic amines is 2. The van der Waals surface area contributed by atoms with E-state index in [2.05, 4.69) is 10.1 Å². The Labute approximate surface area is 185 Å². The molecule has 0 aliphatic rings. The Bertz CT molecular complexity index is 1580. The highest BCUT2D eigenvalue weighted by molar-refractivity contribution is 6.35. The highest BCUT2D eigenvalue weighted by Crippen LogP contribution is 2.40. The predicted octanol–water partition coefficient (Wildman–Crippen LogP) is 4.82. The van der Waals surface area contributed by atoms with Crippen molar-refractivity contribution in [2.45, 2.75) is 6.04 Å². The number of rotatable bonds is 3. The summed E-state index contributed by atoms with van der Waals surface area (Å²) in [5.41, 5.74) is 0.744. The van der Waals surface area contributed by atoms with Crippen LogP contribution < -0.4 is 11.1 Å². The Hall–Kier alpha value is -3.48. The lowest BCUT2D eigenvalue weighted by Crippen LogP contribution is -2.34. The molecule has 0 amide bonds. The van der Waals surface area contributed by atoms with E-state index in [-0.39, 0.29) is 16.7 Å². The summed E-state index contributed by atoms with van der Waals surface area (Å²) < 4.78 is 1.20. The summed E-state index contributed by atoms with van der Waals surface area (Å²) in [5.74, 6) is -0.127. The smallest absolute Gasteiger partial charge is 0.274 e. The van der Waals surface area contributed by atoms with Crippen LogP contribution in [0.15, 0.2) is 76.3 Å². The van der Waals surface area contributed by atoms with Gasteiger partial charge in [0, 0.05) is 26.5 Å². The Balaban J connectivity index is 1.92. The second kappa shape index (κ2) is 7.34. The average Bonchev–Trinajstić information content (AvgIpc) is 3.09. The lowest BCUT2D eigenvalue weighted by Gasteiger charge is -2.22. The van der Waals surface area contributed by atoms with Gasteiger partial charge in [-0.05, 0) is 30.3 Å². The van der Waals surface area contributed by atoms with Gasteiger partial charge < -0.3 is 10.1 Å². The minimum absolute atomic E-state index is 0.127. The van der Waals surface area contributed by atoms with Gasteiger partial charge in [0.1, 0.15) is 6.04 Å². The molecule has 1 atom stereocenters. The van der Waals surface area contributed by atoms with Gasteiger partial charge in [-0.3, -0.25) is 14.7 Å². The zero-order chi connectivity index (χ0) is 21.7. The number of fused-ring (bicyclic) bond motifs is 2. The van der Waals surface area contributed by atoms with Gasteiger partial charge in [-0.15, -0.1) is 0 Å². The van der Waals surface area contributed by atoms with Crippen LogP contribution in [0.5, 0.6) is 5.88 Å². The molecule has 31 heavy (non-hydrogen) atoms. The lowest BCUT2D eigenvalue weighted by atomic mass is 9.97. The number of H-pyrrole nitrogens is 2. The van der Waals surface area contributed by atoms with Gasteiger partial charge in [-0.1, -0.05) is 59.6 Å². The van der Waals surface area contributed by atoms with Crippen LogP contribution in [-0.4, -0.2) is 19.9 Å². The average molecular weight is 452 g/mol. The van der Waals surface area contributed by atoms with Crippen molar-refractivity contribution in [3.05, 3.63) is 109 Å². The predicted molar refractivity (Wildman–Crippen MR) is 122 cm³/mol. The summed E-state index contributed by atoms with van der Waals surface area (Å²) in [6.07, 6.45) is 0. The molecule has 0 aliphatic carbocycles. The quantitative estimate of drug-likeness (QED) is 0.367. The van der Waals surface area contributed by atoms with Gasteiger partial charge in [0.2, 0.25) is 0 Å². The van der Waals surface area contributed by atoms with Crippen LogP contribution in [0.4, 0.5) is 0 Å². The van der Waals surface area contributed by atoms with Crippen LogP contribution in [0, 0.1) is 0 Å². The first kappa shape index (κ1) is 19.5. The van der Waals surface area contributed by atoms with Crippen LogP contribution in [-0.2, 0) is 0 Å². The number of nitrogens with one attached hydrogen (secondary N) is 2. The zero-order valence-corrected chi connectivity index (χ0v) is 17.4. The topological polar surface area (TPSA) is 90.9 Å². The van der Waals surface area contributed by atoms with E-state index in [4.69, 9.17) is 23.2 Å². The minimum Gasteiger partial charge on any atom is -0.494 e. The monoisotopic (exact) mass is 451 g/mol. The van der Waals surface area contributed by atoms with Gasteiger partial charge in [-0.25, -0.2) is 4.68 Å². The van der Waals surface area contributed by atoms with Crippen molar-refractivity contribution in [2.75, 3.05) is 0 Å². The number of benzene rings is 3. The number of hydrogen-bond acceptors (Lipinski definition) is 3. The van der Waals surface area contributed by atoms with Crippen molar-refractivity contribution in [1.82, 2.24) is 14.8 Å². The summed E-state index contributed by atoms with van der Waals surface area (Å²) in [5, 5.41) is 15.4. The van der Waals surface area contributed by atoms with Crippen LogP contribution in [0.2, 0.25) is 10.0 Å². The number of nitrogens with zero attached hydrogens (tertiary/aromatic N) is 1. The first-order chi connectivity index (χ1) is 15.0. The molecule has 1 unspecified atom stereocenters. The Kier molecular flexibility index (Phi) is 4.61. The third kappa shape index (κ3) is 3.12. The highest BCUT2D eigenvalue weighted by atomic mass is 35.5. The number of aromatic hydroxyl groups is 1. The molecular weight excluding hydrogens is 437 g/mol. The Morgan fingerprint density at radius 1 is 0.871 bits per heavy atom. The number of hydrogen-bond donors (Lipinski definition) is 3. The molecule has 0 fully saturated rings. The molecular formula is C23H15Cl2N3O3. The van der Waals surface area contributed by atoms with E-state index in [0.29, 0.717) is 32.1 Å². The lowest BCUT2D eigenvalue weighted by molar-refractivity contribution is 0.439. The summed E-state index contributed by atoms with van der Waals surface area (Å²) >= 11 is 12.6. The molecule has 2 heterocycles. The Morgan fingerprint density at radius 2 is 1.55 bits per heavy atom. The fraction of sp³-hybridized carbons (Fsp3) is 0.0435. The van der Waals surface area contributed by atoms with Crippen molar-refractivity contribution in [3.63, 3.8) is 0 Å². The Morgan fingerprint density at radius 3 is 2.29 bits per heavy atom. The molecule has 0 saturated heterocycles. The van der Waals surface area contributed by atoms with Crippen LogP contribution in [0.25, 0.3) is 21.7 Å². The molecule has 3 aromatic carbocycles. The van der Waals surface area contributed by atoms with Crippen molar-refractivity contribution >= 4 is 44.9 Å². The van der Waals surface area contributed by atoms with Crippen LogP contribution in [0.3, 0.4) is 0 Å². The first-order valence-electron chi connectivity index (χ1n) is 9.44. The first-order valence-corrected chi connectivity index (χ1v) is 10.2. The van der Waals surface area contributed by atoms with E-state index in [9.17, 15) is 14.7 Å². The summed E-state index contributed by atoms with van der Waals surface area (Å²) in [7, 11) is 0. The minimum atomic E-state index is -0.911. The van der Waals surface area contributed by atoms with Crippen molar-refractivity contribution < 1.29 is 5.11 Å². The maximum atomic E-state index is 13.4. The van der Waals surface area contributed by atoms with Crippen molar-refractivity contribution in [2.24, 2.45) is 0 Å².